The molecular weight excluding hydrogens is 378 g/mol. The first kappa shape index (κ1) is 22.6. The molecule has 0 unspecified atom stereocenters. The molecule has 0 amide bonds. The maximum atomic E-state index is 6.30. The molecule has 3 rings (SSSR count). The van der Waals surface area contributed by atoms with Crippen molar-refractivity contribution in [2.24, 2.45) is 10.4 Å². The van der Waals surface area contributed by atoms with Crippen LogP contribution >= 0.6 is 0 Å². The average molecular weight is 412 g/mol. The Kier molecular flexibility index (Phi) is 7.50. The van der Waals surface area contributed by atoms with Crippen molar-refractivity contribution in [3.63, 3.8) is 0 Å². The molecule has 0 aromatic heterocycles. The molecule has 0 aliphatic rings. The maximum absolute atomic E-state index is 6.30. The van der Waals surface area contributed by atoms with Crippen molar-refractivity contribution in [3.05, 3.63) is 95.1 Å². The van der Waals surface area contributed by atoms with Crippen molar-refractivity contribution in [2.75, 3.05) is 6.61 Å². The number of rotatable bonds is 8. The molecule has 0 aliphatic heterocycles. The molecule has 3 aromatic carbocycles. The summed E-state index contributed by atoms with van der Waals surface area (Å²) in [5.41, 5.74) is 6.51. The SMILES string of the molecule is CCCC(C)(C)COc1c(C)cc(C(=C=Nc2ccccc2)c2ccccc2)cc1C. The summed E-state index contributed by atoms with van der Waals surface area (Å²) < 4.78 is 6.30. The van der Waals surface area contributed by atoms with E-state index < -0.39 is 0 Å². The second-order valence-electron chi connectivity index (χ2n) is 8.94. The predicted octanol–water partition coefficient (Wildman–Crippen LogP) is 7.94. The third kappa shape index (κ3) is 6.20. The Balaban J connectivity index is 2.00. The highest BCUT2D eigenvalue weighted by Crippen LogP contribution is 2.32. The van der Waals surface area contributed by atoms with Crippen molar-refractivity contribution in [1.29, 1.82) is 0 Å². The van der Waals surface area contributed by atoms with E-state index in [0.29, 0.717) is 0 Å². The van der Waals surface area contributed by atoms with Gasteiger partial charge in [0.25, 0.3) is 0 Å². The van der Waals surface area contributed by atoms with E-state index in [2.05, 4.69) is 69.7 Å². The number of para-hydroxylation sites is 1. The lowest BCUT2D eigenvalue weighted by molar-refractivity contribution is 0.167. The van der Waals surface area contributed by atoms with Crippen molar-refractivity contribution < 1.29 is 4.74 Å². The van der Waals surface area contributed by atoms with Gasteiger partial charge >= 0.3 is 0 Å². The zero-order chi connectivity index (χ0) is 22.3. The molecule has 0 heterocycles. The van der Waals surface area contributed by atoms with E-state index >= 15 is 0 Å². The quantitative estimate of drug-likeness (QED) is 0.345. The molecule has 0 radical (unpaired) electrons. The molecule has 3 aromatic rings. The molecule has 0 fully saturated rings. The highest BCUT2D eigenvalue weighted by molar-refractivity contribution is 5.99. The van der Waals surface area contributed by atoms with Gasteiger partial charge in [0.2, 0.25) is 0 Å². The highest BCUT2D eigenvalue weighted by Gasteiger charge is 2.19. The smallest absolute Gasteiger partial charge is 0.125 e. The van der Waals surface area contributed by atoms with Crippen molar-refractivity contribution >= 4 is 17.1 Å². The molecule has 2 nitrogen and oxygen atoms in total. The van der Waals surface area contributed by atoms with E-state index in [1.165, 1.54) is 6.42 Å². The number of benzene rings is 3. The molecule has 0 spiro atoms. The summed E-state index contributed by atoms with van der Waals surface area (Å²) in [7, 11) is 0. The van der Waals surface area contributed by atoms with Gasteiger partial charge in [0.1, 0.15) is 5.75 Å². The number of hydrogen-bond acceptors (Lipinski definition) is 2. The molecule has 0 aliphatic carbocycles. The van der Waals surface area contributed by atoms with Crippen LogP contribution in [0, 0.1) is 19.3 Å². The molecule has 31 heavy (non-hydrogen) atoms. The van der Waals surface area contributed by atoms with E-state index in [0.717, 1.165) is 52.3 Å². The topological polar surface area (TPSA) is 21.6 Å². The van der Waals surface area contributed by atoms with Gasteiger partial charge in [0.05, 0.1) is 17.9 Å². The molecule has 160 valence electrons. The van der Waals surface area contributed by atoms with Crippen molar-refractivity contribution in [2.45, 2.75) is 47.5 Å². The Morgan fingerprint density at radius 3 is 2.03 bits per heavy atom. The first-order valence-corrected chi connectivity index (χ1v) is 11.1. The van der Waals surface area contributed by atoms with Gasteiger partial charge in [-0.1, -0.05) is 75.7 Å². The first-order chi connectivity index (χ1) is 14.9. The van der Waals surface area contributed by atoms with Gasteiger partial charge in [-0.05, 0) is 78.1 Å². The zero-order valence-electron chi connectivity index (χ0n) is 19.4. The van der Waals surface area contributed by atoms with Crippen LogP contribution in [0.5, 0.6) is 5.75 Å². The lowest BCUT2D eigenvalue weighted by Crippen LogP contribution is -2.21. The number of ether oxygens (including phenoxy) is 1. The summed E-state index contributed by atoms with van der Waals surface area (Å²) in [5.74, 6) is 4.30. The zero-order valence-corrected chi connectivity index (χ0v) is 19.4. The van der Waals surface area contributed by atoms with E-state index in [1.807, 2.05) is 48.5 Å². The summed E-state index contributed by atoms with van der Waals surface area (Å²) >= 11 is 0. The minimum absolute atomic E-state index is 0.170. The minimum atomic E-state index is 0.170. The fourth-order valence-electron chi connectivity index (χ4n) is 3.86. The monoisotopic (exact) mass is 411 g/mol. The second kappa shape index (κ2) is 10.3. The summed E-state index contributed by atoms with van der Waals surface area (Å²) in [6.07, 6.45) is 2.32. The fraction of sp³-hybridized carbons (Fsp3) is 0.310. The van der Waals surface area contributed by atoms with E-state index in [4.69, 9.17) is 4.74 Å². The lowest BCUT2D eigenvalue weighted by atomic mass is 9.89. The van der Waals surface area contributed by atoms with Gasteiger partial charge in [-0.15, -0.1) is 0 Å². The van der Waals surface area contributed by atoms with Crippen LogP contribution in [-0.2, 0) is 0 Å². The Bertz CT molecular complexity index is 1040. The Labute approximate surface area is 187 Å². The molecule has 0 atom stereocenters. The van der Waals surface area contributed by atoms with Crippen LogP contribution in [0.25, 0.3) is 5.57 Å². The Morgan fingerprint density at radius 2 is 1.45 bits per heavy atom. The third-order valence-electron chi connectivity index (χ3n) is 5.40. The van der Waals surface area contributed by atoms with E-state index in [9.17, 15) is 0 Å². The Hall–Kier alpha value is -3.09. The summed E-state index contributed by atoms with van der Waals surface area (Å²) in [6.45, 7) is 11.7. The number of hydrogen-bond donors (Lipinski definition) is 0. The van der Waals surface area contributed by atoms with Crippen LogP contribution in [0.4, 0.5) is 5.69 Å². The van der Waals surface area contributed by atoms with E-state index in [1.54, 1.807) is 0 Å². The van der Waals surface area contributed by atoms with Gasteiger partial charge in [0, 0.05) is 0 Å². The molecule has 0 saturated carbocycles. The molecule has 0 bridgehead atoms. The number of aryl methyl sites for hydroxylation is 2. The Morgan fingerprint density at radius 1 is 0.871 bits per heavy atom. The fourth-order valence-corrected chi connectivity index (χ4v) is 3.86. The third-order valence-corrected chi connectivity index (χ3v) is 5.40. The summed E-state index contributed by atoms with van der Waals surface area (Å²) in [6, 6.07) is 24.6. The molecule has 0 saturated heterocycles. The van der Waals surface area contributed by atoms with Crippen LogP contribution < -0.4 is 4.74 Å². The van der Waals surface area contributed by atoms with Crippen LogP contribution in [0.2, 0.25) is 0 Å². The standard InChI is InChI=1S/C29H33NO/c1-6-17-29(4,5)21-31-28-22(2)18-25(19-23(28)3)27(24-13-9-7-10-14-24)20-30-26-15-11-8-12-16-26/h7-16,18-19H,6,17,21H2,1-5H3. The van der Waals surface area contributed by atoms with Crippen LogP contribution in [0.1, 0.15) is 55.9 Å². The van der Waals surface area contributed by atoms with Gasteiger partial charge in [-0.25, -0.2) is 4.99 Å². The summed E-state index contributed by atoms with van der Waals surface area (Å²) in [5, 5.41) is 0. The highest BCUT2D eigenvalue weighted by atomic mass is 16.5. The molecule has 0 N–H and O–H groups in total. The summed E-state index contributed by atoms with van der Waals surface area (Å²) in [4.78, 5) is 4.61. The second-order valence-corrected chi connectivity index (χ2v) is 8.94. The van der Waals surface area contributed by atoms with Crippen molar-refractivity contribution in [1.82, 2.24) is 0 Å². The average Bonchev–Trinajstić information content (AvgIpc) is 2.75. The lowest BCUT2D eigenvalue weighted by Gasteiger charge is -2.25. The minimum Gasteiger partial charge on any atom is -0.492 e. The van der Waals surface area contributed by atoms with Gasteiger partial charge in [-0.3, -0.25) is 0 Å². The van der Waals surface area contributed by atoms with Crippen LogP contribution in [0.3, 0.4) is 0 Å². The predicted molar refractivity (Wildman–Crippen MR) is 133 cm³/mol. The van der Waals surface area contributed by atoms with Gasteiger partial charge in [-0.2, -0.15) is 0 Å². The van der Waals surface area contributed by atoms with Crippen LogP contribution in [-0.4, -0.2) is 12.5 Å². The molecular formula is C29H33NO. The first-order valence-electron chi connectivity index (χ1n) is 11.1. The van der Waals surface area contributed by atoms with E-state index in [-0.39, 0.29) is 5.41 Å². The van der Waals surface area contributed by atoms with Crippen LogP contribution in [0.15, 0.2) is 77.8 Å². The van der Waals surface area contributed by atoms with Gasteiger partial charge < -0.3 is 4.74 Å². The number of aliphatic imine (C=N–C) groups is 1. The molecule has 2 heteroatoms. The number of nitrogens with zero attached hydrogens (tertiary/aromatic N) is 1. The largest absolute Gasteiger partial charge is 0.492 e. The normalized spacial score (nSPS) is 11.0. The maximum Gasteiger partial charge on any atom is 0.125 e. The van der Waals surface area contributed by atoms with Crippen molar-refractivity contribution in [3.8, 4) is 5.75 Å². The van der Waals surface area contributed by atoms with Gasteiger partial charge in [0.15, 0.2) is 0 Å².